The Morgan fingerprint density at radius 2 is 2.00 bits per heavy atom. The van der Waals surface area contributed by atoms with E-state index in [0.717, 1.165) is 0 Å². The third-order valence-corrected chi connectivity index (χ3v) is 2.83. The fourth-order valence-corrected chi connectivity index (χ4v) is 2.00. The first kappa shape index (κ1) is 12.7. The van der Waals surface area contributed by atoms with Crippen LogP contribution in [0.25, 0.3) is 5.95 Å². The van der Waals surface area contributed by atoms with Crippen LogP contribution < -0.4 is 5.32 Å². The highest BCUT2D eigenvalue weighted by Crippen LogP contribution is 2.29. The van der Waals surface area contributed by atoms with E-state index in [2.05, 4.69) is 51.1 Å². The van der Waals surface area contributed by atoms with Crippen LogP contribution in [0.3, 0.4) is 0 Å². The number of hydrogen-bond acceptors (Lipinski definition) is 7. The molecule has 0 bridgehead atoms. The van der Waals surface area contributed by atoms with Gasteiger partial charge in [0.05, 0.1) is 0 Å². The Morgan fingerprint density at radius 1 is 1.22 bits per heavy atom. The highest BCUT2D eigenvalue weighted by atomic mass is 32.2. The molecular formula is C10H15N7S. The molecule has 0 saturated carbocycles. The predicted molar refractivity (Wildman–Crippen MR) is 69.9 cm³/mol. The first-order chi connectivity index (χ1) is 8.48. The Bertz CT molecular complexity index is 518. The molecule has 2 aromatic rings. The van der Waals surface area contributed by atoms with E-state index < -0.39 is 0 Å². The number of aromatic nitrogens is 6. The number of thioether (sulfide) groups is 1. The van der Waals surface area contributed by atoms with Gasteiger partial charge in [-0.1, -0.05) is 32.5 Å². The van der Waals surface area contributed by atoms with Crippen LogP contribution in [-0.4, -0.2) is 41.5 Å². The molecule has 0 saturated heterocycles. The summed E-state index contributed by atoms with van der Waals surface area (Å²) in [5.74, 6) is 0.973. The number of anilines is 1. The molecule has 2 rings (SSSR count). The minimum absolute atomic E-state index is 0.0337. The summed E-state index contributed by atoms with van der Waals surface area (Å²) in [6, 6.07) is 0. The second-order valence-corrected chi connectivity index (χ2v) is 6.34. The smallest absolute Gasteiger partial charge is 0.257 e. The minimum Gasteiger partial charge on any atom is -0.357 e. The summed E-state index contributed by atoms with van der Waals surface area (Å²) in [7, 11) is 1.77. The number of nitrogens with zero attached hydrogens (tertiary/aromatic N) is 6. The Morgan fingerprint density at radius 3 is 2.56 bits per heavy atom. The molecule has 7 nitrogen and oxygen atoms in total. The summed E-state index contributed by atoms with van der Waals surface area (Å²) >= 11 is 1.58. The predicted octanol–water partition coefficient (Wildman–Crippen LogP) is 1.38. The van der Waals surface area contributed by atoms with Crippen molar-refractivity contribution in [3.05, 3.63) is 12.7 Å². The summed E-state index contributed by atoms with van der Waals surface area (Å²) in [5.41, 5.74) is 0. The normalized spacial score (nSPS) is 11.6. The molecule has 0 amide bonds. The second-order valence-electron chi connectivity index (χ2n) is 4.55. The van der Waals surface area contributed by atoms with E-state index >= 15 is 0 Å². The van der Waals surface area contributed by atoms with Gasteiger partial charge >= 0.3 is 0 Å². The molecule has 0 radical (unpaired) electrons. The maximum Gasteiger partial charge on any atom is 0.257 e. The van der Waals surface area contributed by atoms with Crippen molar-refractivity contribution in [2.45, 2.75) is 30.7 Å². The standard InChI is InChI=1S/C10H15N7S/c1-10(2,3)18-9-15-7(11-4)14-8(16-9)17-6-12-5-13-17/h5-6H,1-4H3,(H,11,14,15,16). The van der Waals surface area contributed by atoms with Crippen molar-refractivity contribution in [3.63, 3.8) is 0 Å². The van der Waals surface area contributed by atoms with E-state index in [1.165, 1.54) is 11.0 Å². The SMILES string of the molecule is CNc1nc(SC(C)(C)C)nc(-n2cncn2)n1. The monoisotopic (exact) mass is 265 g/mol. The van der Waals surface area contributed by atoms with Crippen LogP contribution in [0, 0.1) is 0 Å². The van der Waals surface area contributed by atoms with Crippen LogP contribution >= 0.6 is 11.8 Å². The van der Waals surface area contributed by atoms with Crippen molar-refractivity contribution < 1.29 is 0 Å². The van der Waals surface area contributed by atoms with Gasteiger partial charge in [-0.3, -0.25) is 0 Å². The maximum absolute atomic E-state index is 4.37. The first-order valence-corrected chi connectivity index (χ1v) is 6.27. The van der Waals surface area contributed by atoms with E-state index in [4.69, 9.17) is 0 Å². The van der Waals surface area contributed by atoms with Gasteiger partial charge in [0.25, 0.3) is 5.95 Å². The van der Waals surface area contributed by atoms with Crippen molar-refractivity contribution in [2.24, 2.45) is 0 Å². The van der Waals surface area contributed by atoms with E-state index in [1.54, 1.807) is 25.1 Å². The quantitative estimate of drug-likeness (QED) is 0.840. The maximum atomic E-state index is 4.37. The summed E-state index contributed by atoms with van der Waals surface area (Å²) in [4.78, 5) is 16.8. The van der Waals surface area contributed by atoms with Crippen molar-refractivity contribution in [3.8, 4) is 5.95 Å². The lowest BCUT2D eigenvalue weighted by Crippen LogP contribution is -2.12. The first-order valence-electron chi connectivity index (χ1n) is 5.46. The molecule has 0 unspecified atom stereocenters. The zero-order chi connectivity index (χ0) is 13.2. The van der Waals surface area contributed by atoms with Gasteiger partial charge in [0.15, 0.2) is 5.16 Å². The van der Waals surface area contributed by atoms with Gasteiger partial charge in [0.2, 0.25) is 5.95 Å². The largest absolute Gasteiger partial charge is 0.357 e. The summed E-state index contributed by atoms with van der Waals surface area (Å²) < 4.78 is 1.54. The van der Waals surface area contributed by atoms with Crippen molar-refractivity contribution >= 4 is 17.7 Å². The average molecular weight is 265 g/mol. The molecule has 0 aliphatic heterocycles. The fourth-order valence-electron chi connectivity index (χ4n) is 1.19. The Balaban J connectivity index is 2.39. The van der Waals surface area contributed by atoms with Crippen LogP contribution in [0.1, 0.15) is 20.8 Å². The molecule has 18 heavy (non-hydrogen) atoms. The van der Waals surface area contributed by atoms with Crippen LogP contribution in [0.4, 0.5) is 5.95 Å². The highest BCUT2D eigenvalue weighted by molar-refractivity contribution is 8.00. The molecule has 2 heterocycles. The second kappa shape index (κ2) is 4.89. The molecule has 0 aliphatic rings. The zero-order valence-electron chi connectivity index (χ0n) is 10.7. The molecule has 0 atom stereocenters. The van der Waals surface area contributed by atoms with E-state index in [9.17, 15) is 0 Å². The van der Waals surface area contributed by atoms with Gasteiger partial charge in [-0.25, -0.2) is 4.98 Å². The molecule has 8 heteroatoms. The molecule has 0 aliphatic carbocycles. The van der Waals surface area contributed by atoms with Crippen molar-refractivity contribution in [1.29, 1.82) is 0 Å². The third-order valence-electron chi connectivity index (χ3n) is 1.85. The lowest BCUT2D eigenvalue weighted by atomic mass is 10.3. The topological polar surface area (TPSA) is 81.4 Å². The molecule has 2 aromatic heterocycles. The molecule has 96 valence electrons. The van der Waals surface area contributed by atoms with Gasteiger partial charge in [-0.05, 0) is 0 Å². The highest BCUT2D eigenvalue weighted by Gasteiger charge is 2.16. The molecule has 0 aromatic carbocycles. The molecule has 0 spiro atoms. The van der Waals surface area contributed by atoms with Crippen LogP contribution in [0.5, 0.6) is 0 Å². The lowest BCUT2D eigenvalue weighted by molar-refractivity contribution is 0.748. The van der Waals surface area contributed by atoms with Crippen molar-refractivity contribution in [1.82, 2.24) is 29.7 Å². The Labute approximate surface area is 109 Å². The Hall–Kier alpha value is -1.70. The minimum atomic E-state index is 0.0337. The van der Waals surface area contributed by atoms with Gasteiger partial charge in [0.1, 0.15) is 12.7 Å². The van der Waals surface area contributed by atoms with E-state index in [0.29, 0.717) is 17.1 Å². The summed E-state index contributed by atoms with van der Waals surface area (Å²) in [6.45, 7) is 6.32. The van der Waals surface area contributed by atoms with Crippen LogP contribution in [0.15, 0.2) is 17.8 Å². The number of nitrogens with one attached hydrogen (secondary N) is 1. The summed E-state index contributed by atoms with van der Waals surface area (Å²) in [6.07, 6.45) is 3.00. The third kappa shape index (κ3) is 3.16. The lowest BCUT2D eigenvalue weighted by Gasteiger charge is -2.16. The van der Waals surface area contributed by atoms with Gasteiger partial charge in [-0.2, -0.15) is 24.7 Å². The van der Waals surface area contributed by atoms with Gasteiger partial charge in [-0.15, -0.1) is 0 Å². The van der Waals surface area contributed by atoms with Gasteiger partial charge < -0.3 is 5.32 Å². The summed E-state index contributed by atoms with van der Waals surface area (Å²) in [5, 5.41) is 7.59. The molecule has 1 N–H and O–H groups in total. The fraction of sp³-hybridized carbons (Fsp3) is 0.500. The number of hydrogen-bond donors (Lipinski definition) is 1. The van der Waals surface area contributed by atoms with Crippen LogP contribution in [0.2, 0.25) is 0 Å². The van der Waals surface area contributed by atoms with Gasteiger partial charge in [0, 0.05) is 11.8 Å². The molecule has 0 fully saturated rings. The average Bonchev–Trinajstić information content (AvgIpc) is 2.79. The molecular weight excluding hydrogens is 250 g/mol. The van der Waals surface area contributed by atoms with Crippen molar-refractivity contribution in [2.75, 3.05) is 12.4 Å². The Kier molecular flexibility index (Phi) is 3.46. The van der Waals surface area contributed by atoms with Crippen LogP contribution in [-0.2, 0) is 0 Å². The zero-order valence-corrected chi connectivity index (χ0v) is 11.6. The number of rotatable bonds is 3. The van der Waals surface area contributed by atoms with E-state index in [-0.39, 0.29) is 4.75 Å². The van der Waals surface area contributed by atoms with E-state index in [1.807, 2.05) is 0 Å².